The zero-order chi connectivity index (χ0) is 24.9. The molecule has 0 aliphatic rings. The number of hydrogen-bond donors (Lipinski definition) is 0. The summed E-state index contributed by atoms with van der Waals surface area (Å²) >= 11 is 0. The van der Waals surface area contributed by atoms with E-state index in [2.05, 4.69) is 65.5 Å². The molecule has 0 amide bonds. The Labute approximate surface area is 223 Å². The van der Waals surface area contributed by atoms with Crippen molar-refractivity contribution in [3.8, 4) is 0 Å². The summed E-state index contributed by atoms with van der Waals surface area (Å²) in [6, 6.07) is 0.845. The molecular weight excluding hydrogens is 486 g/mol. The van der Waals surface area contributed by atoms with Gasteiger partial charge in [-0.3, -0.25) is 9.69 Å². The summed E-state index contributed by atoms with van der Waals surface area (Å²) in [6.07, 6.45) is 21.7. The fourth-order valence-electron chi connectivity index (χ4n) is 4.33. The Morgan fingerprint density at radius 2 is 1.29 bits per heavy atom. The van der Waals surface area contributed by atoms with Crippen LogP contribution < -0.4 is 0 Å². The number of carbonyl (C=O) groups is 1. The molecular formula is C30H58BrNO2. The molecule has 2 unspecified atom stereocenters. The number of rotatable bonds is 21. The highest BCUT2D eigenvalue weighted by atomic mass is 79.9. The van der Waals surface area contributed by atoms with Gasteiger partial charge in [-0.2, -0.15) is 0 Å². The van der Waals surface area contributed by atoms with Crippen molar-refractivity contribution in [2.75, 3.05) is 13.2 Å². The van der Waals surface area contributed by atoms with Crippen molar-refractivity contribution >= 4 is 23.0 Å². The highest BCUT2D eigenvalue weighted by Crippen LogP contribution is 2.18. The van der Waals surface area contributed by atoms with Gasteiger partial charge in [-0.1, -0.05) is 95.3 Å². The fourth-order valence-corrected chi connectivity index (χ4v) is 4.33. The molecule has 0 saturated heterocycles. The average Bonchev–Trinajstić information content (AvgIpc) is 2.76. The summed E-state index contributed by atoms with van der Waals surface area (Å²) in [5.74, 6) is -0.0842. The van der Waals surface area contributed by atoms with Crippen LogP contribution in [0.25, 0.3) is 0 Å². The number of hydrogen-bond acceptors (Lipinski definition) is 3. The molecule has 0 aromatic rings. The van der Waals surface area contributed by atoms with Crippen LogP contribution in [0.3, 0.4) is 0 Å². The minimum Gasteiger partial charge on any atom is -0.460 e. The quantitative estimate of drug-likeness (QED) is 0.0818. The predicted molar refractivity (Wildman–Crippen MR) is 156 cm³/mol. The SMILES string of the molecule is Br.CCCCCCCC(C)N(CC(=O)OC/C=C(\C)CCC=C(C)C)C(C)CCCCCCC. The Kier molecular flexibility index (Phi) is 25.2. The Balaban J connectivity index is 0. The van der Waals surface area contributed by atoms with Gasteiger partial charge >= 0.3 is 5.97 Å². The molecule has 0 N–H and O–H groups in total. The Bertz CT molecular complexity index is 520. The highest BCUT2D eigenvalue weighted by Gasteiger charge is 2.23. The number of unbranched alkanes of at least 4 members (excludes halogenated alkanes) is 8. The van der Waals surface area contributed by atoms with Crippen molar-refractivity contribution in [1.29, 1.82) is 0 Å². The lowest BCUT2D eigenvalue weighted by Crippen LogP contribution is -2.44. The number of ether oxygens (including phenoxy) is 1. The van der Waals surface area contributed by atoms with E-state index >= 15 is 0 Å². The van der Waals surface area contributed by atoms with Crippen molar-refractivity contribution in [2.45, 2.75) is 150 Å². The van der Waals surface area contributed by atoms with E-state index in [1.807, 2.05) is 0 Å². The molecule has 0 heterocycles. The number of esters is 1. The third-order valence-electron chi connectivity index (χ3n) is 6.66. The fraction of sp³-hybridized carbons (Fsp3) is 0.833. The van der Waals surface area contributed by atoms with Crippen LogP contribution in [0, 0.1) is 0 Å². The van der Waals surface area contributed by atoms with E-state index in [0.717, 1.165) is 12.8 Å². The molecule has 0 spiro atoms. The number of carbonyl (C=O) groups excluding carboxylic acids is 1. The van der Waals surface area contributed by atoms with Crippen molar-refractivity contribution in [1.82, 2.24) is 4.90 Å². The second-order valence-corrected chi connectivity index (χ2v) is 10.3. The number of halogens is 1. The van der Waals surface area contributed by atoms with Gasteiger partial charge in [0.1, 0.15) is 6.61 Å². The molecule has 0 radical (unpaired) electrons. The normalized spacial score (nSPS) is 13.4. The molecule has 0 aliphatic carbocycles. The minimum atomic E-state index is -0.0842. The van der Waals surface area contributed by atoms with Crippen LogP contribution in [0.15, 0.2) is 23.3 Å². The van der Waals surface area contributed by atoms with Gasteiger partial charge in [0.2, 0.25) is 0 Å². The maximum absolute atomic E-state index is 12.7. The number of nitrogens with zero attached hydrogens (tertiary/aromatic N) is 1. The Morgan fingerprint density at radius 3 is 1.76 bits per heavy atom. The Morgan fingerprint density at radius 1 is 0.794 bits per heavy atom. The van der Waals surface area contributed by atoms with Crippen LogP contribution in [0.4, 0.5) is 0 Å². The van der Waals surface area contributed by atoms with Crippen LogP contribution in [0.5, 0.6) is 0 Å². The van der Waals surface area contributed by atoms with E-state index in [1.165, 1.54) is 88.2 Å². The van der Waals surface area contributed by atoms with Gasteiger partial charge in [0.05, 0.1) is 6.54 Å². The second-order valence-electron chi connectivity index (χ2n) is 10.3. The van der Waals surface area contributed by atoms with Crippen molar-refractivity contribution < 1.29 is 9.53 Å². The van der Waals surface area contributed by atoms with Gasteiger partial charge in [-0.15, -0.1) is 17.0 Å². The molecule has 0 saturated carbocycles. The monoisotopic (exact) mass is 543 g/mol. The van der Waals surface area contributed by atoms with Crippen LogP contribution >= 0.6 is 17.0 Å². The summed E-state index contributed by atoms with van der Waals surface area (Å²) in [7, 11) is 0. The largest absolute Gasteiger partial charge is 0.460 e. The van der Waals surface area contributed by atoms with E-state index in [0.29, 0.717) is 25.2 Å². The van der Waals surface area contributed by atoms with Crippen LogP contribution in [0.2, 0.25) is 0 Å². The smallest absolute Gasteiger partial charge is 0.320 e. The number of allylic oxidation sites excluding steroid dienone is 3. The van der Waals surface area contributed by atoms with Gasteiger partial charge < -0.3 is 4.74 Å². The van der Waals surface area contributed by atoms with Crippen molar-refractivity contribution in [3.63, 3.8) is 0 Å². The second kappa shape index (κ2) is 24.1. The standard InChI is InChI=1S/C30H57NO2.BrH/c1-8-10-12-14-16-21-28(6)31(29(7)22-17-15-13-11-9-2)25-30(32)33-24-23-27(5)20-18-19-26(3)4;/h19,23,28-29H,8-18,20-22,24-25H2,1-7H3;1H/b27-23+;. The first-order valence-electron chi connectivity index (χ1n) is 14.0. The molecule has 3 nitrogen and oxygen atoms in total. The van der Waals surface area contributed by atoms with E-state index in [1.54, 1.807) is 0 Å². The third kappa shape index (κ3) is 20.7. The zero-order valence-electron chi connectivity index (χ0n) is 23.8. The molecule has 4 heteroatoms. The van der Waals surface area contributed by atoms with Crippen LogP contribution in [-0.2, 0) is 9.53 Å². The zero-order valence-corrected chi connectivity index (χ0v) is 25.5. The van der Waals surface area contributed by atoms with Gasteiger partial charge in [0, 0.05) is 12.1 Å². The summed E-state index contributed by atoms with van der Waals surface area (Å²) < 4.78 is 5.61. The van der Waals surface area contributed by atoms with Gasteiger partial charge in [-0.25, -0.2) is 0 Å². The predicted octanol–water partition coefficient (Wildman–Crippen LogP) is 9.60. The Hall–Kier alpha value is -0.610. The molecule has 0 rings (SSSR count). The van der Waals surface area contributed by atoms with Gasteiger partial charge in [0.15, 0.2) is 0 Å². The first-order valence-corrected chi connectivity index (χ1v) is 14.0. The van der Waals surface area contributed by atoms with E-state index in [-0.39, 0.29) is 23.0 Å². The van der Waals surface area contributed by atoms with E-state index in [9.17, 15) is 4.79 Å². The minimum absolute atomic E-state index is 0. The first-order chi connectivity index (χ1) is 15.8. The van der Waals surface area contributed by atoms with Crippen LogP contribution in [-0.4, -0.2) is 36.1 Å². The molecule has 0 aromatic carbocycles. The molecule has 2 atom stereocenters. The summed E-state index contributed by atoms with van der Waals surface area (Å²) in [5, 5.41) is 0. The lowest BCUT2D eigenvalue weighted by atomic mass is 10.0. The molecule has 0 fully saturated rings. The lowest BCUT2D eigenvalue weighted by Gasteiger charge is -2.34. The van der Waals surface area contributed by atoms with E-state index < -0.39 is 0 Å². The summed E-state index contributed by atoms with van der Waals surface area (Å²) in [6.45, 7) is 16.3. The van der Waals surface area contributed by atoms with Crippen LogP contribution in [0.1, 0.15) is 138 Å². The maximum Gasteiger partial charge on any atom is 0.320 e. The highest BCUT2D eigenvalue weighted by molar-refractivity contribution is 8.93. The summed E-state index contributed by atoms with van der Waals surface area (Å²) in [4.78, 5) is 15.1. The first kappa shape index (κ1) is 35.6. The lowest BCUT2D eigenvalue weighted by molar-refractivity contribution is -0.145. The van der Waals surface area contributed by atoms with Crippen molar-refractivity contribution in [2.24, 2.45) is 0 Å². The van der Waals surface area contributed by atoms with E-state index in [4.69, 9.17) is 4.74 Å². The molecule has 0 aliphatic heterocycles. The molecule has 34 heavy (non-hydrogen) atoms. The molecule has 202 valence electrons. The topological polar surface area (TPSA) is 29.5 Å². The van der Waals surface area contributed by atoms with Gasteiger partial charge in [-0.05, 0) is 66.4 Å². The average molecular weight is 545 g/mol. The van der Waals surface area contributed by atoms with Crippen molar-refractivity contribution in [3.05, 3.63) is 23.3 Å². The third-order valence-corrected chi connectivity index (χ3v) is 6.66. The summed E-state index contributed by atoms with van der Waals surface area (Å²) in [5.41, 5.74) is 2.64. The maximum atomic E-state index is 12.7. The molecule has 0 bridgehead atoms. The molecule has 0 aromatic heterocycles. The van der Waals surface area contributed by atoms with Gasteiger partial charge in [0.25, 0.3) is 0 Å².